The summed E-state index contributed by atoms with van der Waals surface area (Å²) in [4.78, 5) is 0. The standard InChI is InChI=1S/C15H13F3N2/c1-11-6-2-5-9-14(11)20-19-10-12-7-3-4-8-13(12)15(16,17)18/h2-10,20H,1H3/b19-10+. The maximum atomic E-state index is 12.8. The van der Waals surface area contributed by atoms with Crippen molar-refractivity contribution in [1.82, 2.24) is 0 Å². The van der Waals surface area contributed by atoms with Crippen molar-refractivity contribution in [3.05, 3.63) is 65.2 Å². The lowest BCUT2D eigenvalue weighted by Crippen LogP contribution is -2.08. The van der Waals surface area contributed by atoms with Gasteiger partial charge in [-0.25, -0.2) is 0 Å². The van der Waals surface area contributed by atoms with E-state index in [0.29, 0.717) is 0 Å². The van der Waals surface area contributed by atoms with Crippen LogP contribution in [0.25, 0.3) is 0 Å². The van der Waals surface area contributed by atoms with Crippen molar-refractivity contribution < 1.29 is 13.2 Å². The molecule has 0 saturated heterocycles. The highest BCUT2D eigenvalue weighted by molar-refractivity contribution is 5.82. The zero-order valence-electron chi connectivity index (χ0n) is 10.8. The monoisotopic (exact) mass is 278 g/mol. The van der Waals surface area contributed by atoms with Crippen LogP contribution >= 0.6 is 0 Å². The molecule has 0 aromatic heterocycles. The van der Waals surface area contributed by atoms with Gasteiger partial charge in [-0.1, -0.05) is 36.4 Å². The van der Waals surface area contributed by atoms with Gasteiger partial charge in [0.25, 0.3) is 0 Å². The summed E-state index contributed by atoms with van der Waals surface area (Å²) in [5.74, 6) is 0. The fourth-order valence-electron chi connectivity index (χ4n) is 1.74. The van der Waals surface area contributed by atoms with E-state index in [1.54, 1.807) is 6.07 Å². The van der Waals surface area contributed by atoms with Gasteiger partial charge in [0.05, 0.1) is 17.5 Å². The molecule has 0 saturated carbocycles. The van der Waals surface area contributed by atoms with Gasteiger partial charge in [0.1, 0.15) is 0 Å². The number of hydrogen-bond acceptors (Lipinski definition) is 2. The highest BCUT2D eigenvalue weighted by Crippen LogP contribution is 2.31. The molecule has 20 heavy (non-hydrogen) atoms. The van der Waals surface area contributed by atoms with Crippen molar-refractivity contribution in [2.45, 2.75) is 13.1 Å². The Morgan fingerprint density at radius 3 is 2.35 bits per heavy atom. The van der Waals surface area contributed by atoms with Crippen LogP contribution in [0.1, 0.15) is 16.7 Å². The molecule has 2 nitrogen and oxygen atoms in total. The van der Waals surface area contributed by atoms with E-state index in [1.807, 2.05) is 31.2 Å². The number of nitrogens with zero attached hydrogens (tertiary/aromatic N) is 1. The van der Waals surface area contributed by atoms with E-state index in [1.165, 1.54) is 18.3 Å². The predicted molar refractivity (Wildman–Crippen MR) is 73.8 cm³/mol. The largest absolute Gasteiger partial charge is 0.417 e. The molecular formula is C15H13F3N2. The predicted octanol–water partition coefficient (Wildman–Crippen LogP) is 4.46. The smallest absolute Gasteiger partial charge is 0.278 e. The Labute approximate surface area is 114 Å². The van der Waals surface area contributed by atoms with Crippen molar-refractivity contribution >= 4 is 11.9 Å². The summed E-state index contributed by atoms with van der Waals surface area (Å²) >= 11 is 0. The number of aryl methyl sites for hydroxylation is 1. The summed E-state index contributed by atoms with van der Waals surface area (Å²) < 4.78 is 38.3. The molecule has 2 aromatic carbocycles. The first-order valence-corrected chi connectivity index (χ1v) is 5.99. The first kappa shape index (κ1) is 14.1. The minimum Gasteiger partial charge on any atom is -0.278 e. The maximum Gasteiger partial charge on any atom is 0.417 e. The summed E-state index contributed by atoms with van der Waals surface area (Å²) in [5, 5.41) is 3.87. The Hall–Kier alpha value is -2.30. The number of anilines is 1. The van der Waals surface area contributed by atoms with Gasteiger partial charge in [0.2, 0.25) is 0 Å². The first-order chi connectivity index (χ1) is 9.48. The number of para-hydroxylation sites is 1. The van der Waals surface area contributed by atoms with Crippen LogP contribution < -0.4 is 5.43 Å². The van der Waals surface area contributed by atoms with E-state index in [-0.39, 0.29) is 5.56 Å². The number of hydrazone groups is 1. The zero-order chi connectivity index (χ0) is 14.6. The third kappa shape index (κ3) is 3.38. The van der Waals surface area contributed by atoms with Gasteiger partial charge in [-0.15, -0.1) is 0 Å². The van der Waals surface area contributed by atoms with Crippen LogP contribution in [0.2, 0.25) is 0 Å². The fraction of sp³-hybridized carbons (Fsp3) is 0.133. The molecule has 2 rings (SSSR count). The molecule has 0 heterocycles. The molecule has 104 valence electrons. The molecule has 0 bridgehead atoms. The van der Waals surface area contributed by atoms with Crippen LogP contribution in [0.15, 0.2) is 53.6 Å². The summed E-state index contributed by atoms with van der Waals surface area (Å²) in [6.45, 7) is 1.89. The van der Waals surface area contributed by atoms with Gasteiger partial charge in [-0.05, 0) is 24.6 Å². The Balaban J connectivity index is 2.19. The number of benzene rings is 2. The molecule has 0 amide bonds. The highest BCUT2D eigenvalue weighted by atomic mass is 19.4. The Morgan fingerprint density at radius 2 is 1.65 bits per heavy atom. The molecule has 0 atom stereocenters. The molecule has 0 fully saturated rings. The molecule has 1 N–H and O–H groups in total. The molecule has 2 aromatic rings. The van der Waals surface area contributed by atoms with Gasteiger partial charge in [-0.3, -0.25) is 5.43 Å². The molecule has 0 aliphatic rings. The van der Waals surface area contributed by atoms with Crippen molar-refractivity contribution in [2.24, 2.45) is 5.10 Å². The van der Waals surface area contributed by atoms with E-state index in [2.05, 4.69) is 10.5 Å². The lowest BCUT2D eigenvalue weighted by Gasteiger charge is -2.09. The second kappa shape index (κ2) is 5.77. The van der Waals surface area contributed by atoms with Crippen LogP contribution in [0.4, 0.5) is 18.9 Å². The van der Waals surface area contributed by atoms with Crippen LogP contribution in [-0.4, -0.2) is 6.21 Å². The Kier molecular flexibility index (Phi) is 4.08. The maximum absolute atomic E-state index is 12.8. The third-order valence-electron chi connectivity index (χ3n) is 2.80. The van der Waals surface area contributed by atoms with E-state index in [9.17, 15) is 13.2 Å². The van der Waals surface area contributed by atoms with Crippen molar-refractivity contribution in [3.63, 3.8) is 0 Å². The third-order valence-corrected chi connectivity index (χ3v) is 2.80. The number of alkyl halides is 3. The average Bonchev–Trinajstić information content (AvgIpc) is 2.40. The van der Waals surface area contributed by atoms with Gasteiger partial charge >= 0.3 is 6.18 Å². The molecule has 0 aliphatic heterocycles. The minimum atomic E-state index is -4.38. The van der Waals surface area contributed by atoms with Gasteiger partial charge < -0.3 is 0 Å². The van der Waals surface area contributed by atoms with Crippen molar-refractivity contribution in [2.75, 3.05) is 5.43 Å². The highest BCUT2D eigenvalue weighted by Gasteiger charge is 2.32. The Morgan fingerprint density at radius 1 is 1.00 bits per heavy atom. The number of hydrogen-bond donors (Lipinski definition) is 1. The van der Waals surface area contributed by atoms with Gasteiger partial charge in [-0.2, -0.15) is 18.3 Å². The lowest BCUT2D eigenvalue weighted by molar-refractivity contribution is -0.137. The quantitative estimate of drug-likeness (QED) is 0.650. The van der Waals surface area contributed by atoms with E-state index >= 15 is 0 Å². The van der Waals surface area contributed by atoms with Crippen LogP contribution in [0, 0.1) is 6.92 Å². The number of nitrogens with one attached hydrogen (secondary N) is 1. The summed E-state index contributed by atoms with van der Waals surface area (Å²) in [6.07, 6.45) is -3.21. The van der Waals surface area contributed by atoms with Crippen molar-refractivity contribution in [1.29, 1.82) is 0 Å². The molecule has 5 heteroatoms. The van der Waals surface area contributed by atoms with E-state index in [0.717, 1.165) is 17.3 Å². The SMILES string of the molecule is Cc1ccccc1N/N=C/c1ccccc1C(F)(F)F. The Bertz CT molecular complexity index is 619. The fourth-order valence-corrected chi connectivity index (χ4v) is 1.74. The molecular weight excluding hydrogens is 265 g/mol. The van der Waals surface area contributed by atoms with E-state index < -0.39 is 11.7 Å². The molecule has 0 unspecified atom stereocenters. The molecule has 0 spiro atoms. The second-order valence-corrected chi connectivity index (χ2v) is 4.27. The molecule has 0 radical (unpaired) electrons. The summed E-state index contributed by atoms with van der Waals surface area (Å²) in [6, 6.07) is 12.7. The lowest BCUT2D eigenvalue weighted by atomic mass is 10.1. The zero-order valence-corrected chi connectivity index (χ0v) is 10.8. The summed E-state index contributed by atoms with van der Waals surface area (Å²) in [5.41, 5.74) is 3.80. The molecule has 0 aliphatic carbocycles. The van der Waals surface area contributed by atoms with Gasteiger partial charge in [0.15, 0.2) is 0 Å². The van der Waals surface area contributed by atoms with E-state index in [4.69, 9.17) is 0 Å². The van der Waals surface area contributed by atoms with Crippen LogP contribution in [0.3, 0.4) is 0 Å². The van der Waals surface area contributed by atoms with Crippen molar-refractivity contribution in [3.8, 4) is 0 Å². The number of rotatable bonds is 3. The van der Waals surface area contributed by atoms with Crippen LogP contribution in [-0.2, 0) is 6.18 Å². The van der Waals surface area contributed by atoms with Gasteiger partial charge in [0, 0.05) is 5.56 Å². The minimum absolute atomic E-state index is 0.0288. The normalized spacial score (nSPS) is 11.8. The average molecular weight is 278 g/mol. The summed E-state index contributed by atoms with van der Waals surface area (Å²) in [7, 11) is 0. The second-order valence-electron chi connectivity index (χ2n) is 4.27. The van der Waals surface area contributed by atoms with Crippen LogP contribution in [0.5, 0.6) is 0 Å². The number of halogens is 3. The topological polar surface area (TPSA) is 24.4 Å². The first-order valence-electron chi connectivity index (χ1n) is 5.99.